The van der Waals surface area contributed by atoms with Crippen molar-refractivity contribution in [3.05, 3.63) is 16.8 Å². The molecular formula is C14H24N4. The molecule has 0 amide bonds. The molecule has 1 saturated carbocycles. The molecule has 2 N–H and O–H groups in total. The average molecular weight is 248 g/mol. The van der Waals surface area contributed by atoms with Crippen LogP contribution in [0.3, 0.4) is 0 Å². The number of nitrogens with zero attached hydrogens (tertiary/aromatic N) is 3. The van der Waals surface area contributed by atoms with Crippen LogP contribution in [-0.2, 0) is 19.4 Å². The molecule has 1 aliphatic rings. The lowest BCUT2D eigenvalue weighted by Crippen LogP contribution is -2.29. The fourth-order valence-electron chi connectivity index (χ4n) is 2.65. The SMILES string of the molecule is CCc1nnc(N(CC)C2CC2)c(CN)c1CC. The van der Waals surface area contributed by atoms with Gasteiger partial charge in [0, 0.05) is 24.7 Å². The highest BCUT2D eigenvalue weighted by atomic mass is 15.3. The number of hydrogen-bond donors (Lipinski definition) is 1. The van der Waals surface area contributed by atoms with E-state index in [4.69, 9.17) is 5.73 Å². The molecule has 0 atom stereocenters. The standard InChI is InChI=1S/C14H24N4/c1-4-11-12(9-15)14(17-16-13(11)5-2)18(6-3)10-7-8-10/h10H,4-9,15H2,1-3H3. The van der Waals surface area contributed by atoms with Gasteiger partial charge in [-0.1, -0.05) is 13.8 Å². The molecule has 18 heavy (non-hydrogen) atoms. The third kappa shape index (κ3) is 2.34. The first kappa shape index (κ1) is 13.3. The molecule has 2 rings (SSSR count). The largest absolute Gasteiger partial charge is 0.352 e. The summed E-state index contributed by atoms with van der Waals surface area (Å²) in [5.41, 5.74) is 9.59. The fraction of sp³-hybridized carbons (Fsp3) is 0.714. The number of aryl methyl sites for hydroxylation is 1. The Morgan fingerprint density at radius 3 is 2.28 bits per heavy atom. The van der Waals surface area contributed by atoms with Crippen LogP contribution in [0.25, 0.3) is 0 Å². The summed E-state index contributed by atoms with van der Waals surface area (Å²) in [6.45, 7) is 8.03. The minimum Gasteiger partial charge on any atom is -0.352 e. The number of nitrogens with two attached hydrogens (primary N) is 1. The molecule has 1 fully saturated rings. The van der Waals surface area contributed by atoms with Gasteiger partial charge in [-0.2, -0.15) is 5.10 Å². The normalized spacial score (nSPS) is 14.9. The van der Waals surface area contributed by atoms with E-state index >= 15 is 0 Å². The van der Waals surface area contributed by atoms with Crippen LogP contribution in [0, 0.1) is 0 Å². The van der Waals surface area contributed by atoms with Crippen LogP contribution in [-0.4, -0.2) is 22.8 Å². The van der Waals surface area contributed by atoms with Crippen molar-refractivity contribution in [1.82, 2.24) is 10.2 Å². The van der Waals surface area contributed by atoms with Gasteiger partial charge in [0.1, 0.15) is 0 Å². The Morgan fingerprint density at radius 1 is 1.11 bits per heavy atom. The van der Waals surface area contributed by atoms with E-state index in [-0.39, 0.29) is 0 Å². The van der Waals surface area contributed by atoms with E-state index in [2.05, 4.69) is 35.9 Å². The minimum atomic E-state index is 0.560. The lowest BCUT2D eigenvalue weighted by Gasteiger charge is -2.25. The van der Waals surface area contributed by atoms with Crippen molar-refractivity contribution >= 4 is 5.82 Å². The minimum absolute atomic E-state index is 0.560. The van der Waals surface area contributed by atoms with Crippen LogP contribution in [0.2, 0.25) is 0 Å². The molecule has 0 saturated heterocycles. The summed E-state index contributed by atoms with van der Waals surface area (Å²) in [6, 6.07) is 0.659. The Kier molecular flexibility index (Phi) is 4.17. The van der Waals surface area contributed by atoms with Crippen molar-refractivity contribution in [2.75, 3.05) is 11.4 Å². The van der Waals surface area contributed by atoms with Gasteiger partial charge in [0.2, 0.25) is 0 Å². The van der Waals surface area contributed by atoms with E-state index in [1.54, 1.807) is 0 Å². The third-order valence-electron chi connectivity index (χ3n) is 3.74. The Labute approximate surface area is 110 Å². The molecule has 4 nitrogen and oxygen atoms in total. The molecule has 0 radical (unpaired) electrons. The smallest absolute Gasteiger partial charge is 0.156 e. The molecular weight excluding hydrogens is 224 g/mol. The quantitative estimate of drug-likeness (QED) is 0.837. The highest BCUT2D eigenvalue weighted by Gasteiger charge is 2.31. The van der Waals surface area contributed by atoms with Crippen LogP contribution in [0.5, 0.6) is 0 Å². The molecule has 1 heterocycles. The molecule has 1 aromatic heterocycles. The predicted octanol–water partition coefficient (Wildman–Crippen LogP) is 2.05. The lowest BCUT2D eigenvalue weighted by molar-refractivity contribution is 0.754. The summed E-state index contributed by atoms with van der Waals surface area (Å²) in [5.74, 6) is 1.02. The average Bonchev–Trinajstić information content (AvgIpc) is 3.23. The predicted molar refractivity (Wildman–Crippen MR) is 74.7 cm³/mol. The zero-order valence-corrected chi connectivity index (χ0v) is 11.7. The number of rotatable bonds is 6. The maximum atomic E-state index is 5.97. The monoisotopic (exact) mass is 248 g/mol. The van der Waals surface area contributed by atoms with E-state index in [0.29, 0.717) is 12.6 Å². The number of hydrogen-bond acceptors (Lipinski definition) is 4. The second-order valence-corrected chi connectivity index (χ2v) is 4.86. The van der Waals surface area contributed by atoms with Gasteiger partial charge in [-0.3, -0.25) is 0 Å². The van der Waals surface area contributed by atoms with E-state index in [1.807, 2.05) is 0 Å². The van der Waals surface area contributed by atoms with Gasteiger partial charge < -0.3 is 10.6 Å². The molecule has 0 bridgehead atoms. The first-order valence-electron chi connectivity index (χ1n) is 7.10. The molecule has 1 aliphatic carbocycles. The summed E-state index contributed by atoms with van der Waals surface area (Å²) >= 11 is 0. The van der Waals surface area contributed by atoms with Gasteiger partial charge in [0.05, 0.1) is 5.69 Å². The van der Waals surface area contributed by atoms with Crippen LogP contribution in [0.15, 0.2) is 0 Å². The zero-order valence-electron chi connectivity index (χ0n) is 11.7. The molecule has 0 aliphatic heterocycles. The van der Waals surface area contributed by atoms with Gasteiger partial charge in [0.15, 0.2) is 5.82 Å². The molecule has 0 aromatic carbocycles. The highest BCUT2D eigenvalue weighted by molar-refractivity contribution is 5.52. The Morgan fingerprint density at radius 2 is 1.83 bits per heavy atom. The zero-order chi connectivity index (χ0) is 13.1. The van der Waals surface area contributed by atoms with Gasteiger partial charge in [-0.15, -0.1) is 5.10 Å². The van der Waals surface area contributed by atoms with Crippen molar-refractivity contribution in [2.24, 2.45) is 5.73 Å². The molecule has 100 valence electrons. The molecule has 1 aromatic rings. The maximum Gasteiger partial charge on any atom is 0.156 e. The second kappa shape index (κ2) is 5.65. The fourth-order valence-corrected chi connectivity index (χ4v) is 2.65. The van der Waals surface area contributed by atoms with Crippen LogP contribution in [0.4, 0.5) is 5.82 Å². The van der Waals surface area contributed by atoms with E-state index in [1.165, 1.54) is 24.0 Å². The molecule has 0 unspecified atom stereocenters. The summed E-state index contributed by atoms with van der Waals surface area (Å²) in [7, 11) is 0. The van der Waals surface area contributed by atoms with Gasteiger partial charge in [-0.05, 0) is 38.2 Å². The van der Waals surface area contributed by atoms with Crippen molar-refractivity contribution in [3.63, 3.8) is 0 Å². The first-order valence-corrected chi connectivity index (χ1v) is 7.10. The van der Waals surface area contributed by atoms with E-state index in [9.17, 15) is 0 Å². The lowest BCUT2D eigenvalue weighted by atomic mass is 10.0. The third-order valence-corrected chi connectivity index (χ3v) is 3.74. The van der Waals surface area contributed by atoms with Crippen molar-refractivity contribution < 1.29 is 0 Å². The Bertz CT molecular complexity index is 413. The van der Waals surface area contributed by atoms with Crippen LogP contribution in [0.1, 0.15) is 50.4 Å². The summed E-state index contributed by atoms with van der Waals surface area (Å²) in [5, 5.41) is 8.87. The van der Waals surface area contributed by atoms with Gasteiger partial charge in [0.25, 0.3) is 0 Å². The molecule has 4 heteroatoms. The first-order chi connectivity index (χ1) is 8.76. The van der Waals surface area contributed by atoms with Gasteiger partial charge in [-0.25, -0.2) is 0 Å². The van der Waals surface area contributed by atoms with Crippen molar-refractivity contribution in [2.45, 2.75) is 59.0 Å². The Hall–Kier alpha value is -1.16. The number of aromatic nitrogens is 2. The molecule has 0 spiro atoms. The van der Waals surface area contributed by atoms with Gasteiger partial charge >= 0.3 is 0 Å². The number of anilines is 1. The van der Waals surface area contributed by atoms with Crippen LogP contribution < -0.4 is 10.6 Å². The second-order valence-electron chi connectivity index (χ2n) is 4.86. The van der Waals surface area contributed by atoms with Crippen LogP contribution >= 0.6 is 0 Å². The van der Waals surface area contributed by atoms with Crippen molar-refractivity contribution in [1.29, 1.82) is 0 Å². The van der Waals surface area contributed by atoms with E-state index in [0.717, 1.165) is 30.9 Å². The summed E-state index contributed by atoms with van der Waals surface area (Å²) in [6.07, 6.45) is 4.46. The topological polar surface area (TPSA) is 55.0 Å². The van der Waals surface area contributed by atoms with E-state index < -0.39 is 0 Å². The van der Waals surface area contributed by atoms with Crippen molar-refractivity contribution in [3.8, 4) is 0 Å². The maximum absolute atomic E-state index is 5.97. The summed E-state index contributed by atoms with van der Waals surface area (Å²) < 4.78 is 0. The Balaban J connectivity index is 2.46. The summed E-state index contributed by atoms with van der Waals surface area (Å²) in [4.78, 5) is 2.37. The highest BCUT2D eigenvalue weighted by Crippen LogP contribution is 2.33.